The fraction of sp³-hybridized carbons (Fsp3) is 0.368. The lowest BCUT2D eigenvalue weighted by atomic mass is 10.1. The van der Waals surface area contributed by atoms with Crippen LogP contribution in [0.5, 0.6) is 0 Å². The summed E-state index contributed by atoms with van der Waals surface area (Å²) in [5.74, 6) is -0.913. The Morgan fingerprint density at radius 2 is 1.81 bits per heavy atom. The zero-order valence-corrected chi connectivity index (χ0v) is 17.2. The topological polar surface area (TPSA) is 89.5 Å². The van der Waals surface area contributed by atoms with Crippen molar-refractivity contribution in [1.29, 1.82) is 0 Å². The number of rotatable bonds is 8. The quantitative estimate of drug-likeness (QED) is 0.671. The molecule has 2 rings (SSSR count). The highest BCUT2D eigenvalue weighted by molar-refractivity contribution is 7.91. The summed E-state index contributed by atoms with van der Waals surface area (Å²) in [6.45, 7) is 5.64. The zero-order valence-electron chi connectivity index (χ0n) is 15.6. The van der Waals surface area contributed by atoms with Crippen molar-refractivity contribution in [3.05, 3.63) is 46.3 Å². The number of anilines is 1. The number of hydrogen-bond acceptors (Lipinski definition) is 6. The molecule has 1 aromatic carbocycles. The first-order chi connectivity index (χ1) is 12.8. The molecular weight excluding hydrogens is 386 g/mol. The average Bonchev–Trinajstić information content (AvgIpc) is 2.89. The molecule has 0 aliphatic rings. The molecule has 1 heterocycles. The van der Waals surface area contributed by atoms with Crippen LogP contribution in [-0.4, -0.2) is 32.7 Å². The minimum Gasteiger partial charge on any atom is -0.462 e. The number of carbonyl (C=O) groups is 2. The highest BCUT2D eigenvalue weighted by Crippen LogP contribution is 2.33. The van der Waals surface area contributed by atoms with Gasteiger partial charge in [0.05, 0.1) is 22.8 Å². The number of amides is 1. The molecule has 0 fully saturated rings. The van der Waals surface area contributed by atoms with E-state index >= 15 is 0 Å². The summed E-state index contributed by atoms with van der Waals surface area (Å²) in [4.78, 5) is 25.5. The summed E-state index contributed by atoms with van der Waals surface area (Å²) in [5.41, 5.74) is 1.14. The summed E-state index contributed by atoms with van der Waals surface area (Å²) in [6.07, 6.45) is 0.242. The van der Waals surface area contributed by atoms with E-state index in [1.165, 1.54) is 23.5 Å². The zero-order chi connectivity index (χ0) is 20.0. The molecule has 27 heavy (non-hydrogen) atoms. The van der Waals surface area contributed by atoms with Crippen molar-refractivity contribution >= 4 is 38.1 Å². The van der Waals surface area contributed by atoms with Gasteiger partial charge in [0.2, 0.25) is 5.91 Å². The molecule has 1 N–H and O–H groups in total. The number of carbonyl (C=O) groups excluding carboxylic acids is 2. The number of aryl methyl sites for hydroxylation is 1. The number of benzene rings is 1. The van der Waals surface area contributed by atoms with Gasteiger partial charge in [-0.15, -0.1) is 11.3 Å². The SMILES string of the molecule is CCOC(=O)c1c(NC(=O)CCCS(=O)(=O)c2ccccc2)sc(C)c1C. The molecule has 1 amide bonds. The van der Waals surface area contributed by atoms with E-state index < -0.39 is 15.8 Å². The molecule has 0 radical (unpaired) electrons. The Labute approximate surface area is 163 Å². The largest absolute Gasteiger partial charge is 0.462 e. The number of ether oxygens (including phenoxy) is 1. The Balaban J connectivity index is 1.99. The Kier molecular flexibility index (Phi) is 7.15. The Bertz CT molecular complexity index is 917. The third-order valence-electron chi connectivity index (χ3n) is 4.04. The molecule has 8 heteroatoms. The lowest BCUT2D eigenvalue weighted by molar-refractivity contribution is -0.116. The van der Waals surface area contributed by atoms with Crippen molar-refractivity contribution < 1.29 is 22.7 Å². The Morgan fingerprint density at radius 3 is 2.44 bits per heavy atom. The molecule has 0 aliphatic heterocycles. The maximum absolute atomic E-state index is 12.2. The van der Waals surface area contributed by atoms with Crippen LogP contribution in [0.1, 0.15) is 40.6 Å². The summed E-state index contributed by atoms with van der Waals surface area (Å²) in [5, 5.41) is 3.17. The minimum atomic E-state index is -3.41. The molecule has 0 atom stereocenters. The van der Waals surface area contributed by atoms with Gasteiger partial charge < -0.3 is 10.1 Å². The van der Waals surface area contributed by atoms with E-state index in [-0.39, 0.29) is 36.0 Å². The van der Waals surface area contributed by atoms with Gasteiger partial charge in [-0.3, -0.25) is 4.79 Å². The van der Waals surface area contributed by atoms with Gasteiger partial charge in [0, 0.05) is 11.3 Å². The molecule has 0 unspecified atom stereocenters. The highest BCUT2D eigenvalue weighted by Gasteiger charge is 2.22. The van der Waals surface area contributed by atoms with Crippen molar-refractivity contribution in [2.45, 2.75) is 38.5 Å². The Hall–Kier alpha value is -2.19. The molecule has 1 aromatic heterocycles. The van der Waals surface area contributed by atoms with Gasteiger partial charge in [0.1, 0.15) is 5.00 Å². The first kappa shape index (κ1) is 21.1. The second-order valence-electron chi connectivity index (χ2n) is 5.99. The number of hydrogen-bond donors (Lipinski definition) is 1. The van der Waals surface area contributed by atoms with Gasteiger partial charge >= 0.3 is 5.97 Å². The predicted octanol–water partition coefficient (Wildman–Crippen LogP) is 3.73. The molecule has 146 valence electrons. The minimum absolute atomic E-state index is 0.0460. The fourth-order valence-electron chi connectivity index (χ4n) is 2.52. The van der Waals surface area contributed by atoms with Gasteiger partial charge in [-0.05, 0) is 44.9 Å². The molecule has 6 nitrogen and oxygen atoms in total. The van der Waals surface area contributed by atoms with Crippen LogP contribution in [0.2, 0.25) is 0 Å². The molecule has 2 aromatic rings. The molecular formula is C19H23NO5S2. The lowest BCUT2D eigenvalue weighted by Crippen LogP contribution is -2.16. The van der Waals surface area contributed by atoms with E-state index in [1.807, 2.05) is 6.92 Å². The van der Waals surface area contributed by atoms with Crippen molar-refractivity contribution in [2.75, 3.05) is 17.7 Å². The summed E-state index contributed by atoms with van der Waals surface area (Å²) in [7, 11) is -3.41. The molecule has 0 saturated heterocycles. The van der Waals surface area contributed by atoms with E-state index in [9.17, 15) is 18.0 Å². The van der Waals surface area contributed by atoms with Crippen LogP contribution in [0.25, 0.3) is 0 Å². The van der Waals surface area contributed by atoms with Gasteiger partial charge in [-0.25, -0.2) is 13.2 Å². The molecule has 0 bridgehead atoms. The number of nitrogens with one attached hydrogen (secondary N) is 1. The highest BCUT2D eigenvalue weighted by atomic mass is 32.2. The average molecular weight is 410 g/mol. The third kappa shape index (κ3) is 5.40. The number of thiophene rings is 1. The monoisotopic (exact) mass is 409 g/mol. The van der Waals surface area contributed by atoms with Crippen molar-refractivity contribution in [2.24, 2.45) is 0 Å². The van der Waals surface area contributed by atoms with Crippen molar-refractivity contribution in [1.82, 2.24) is 0 Å². The Morgan fingerprint density at radius 1 is 1.15 bits per heavy atom. The second-order valence-corrected chi connectivity index (χ2v) is 9.33. The second kappa shape index (κ2) is 9.14. The van der Waals surface area contributed by atoms with E-state index in [0.29, 0.717) is 10.6 Å². The van der Waals surface area contributed by atoms with Crippen LogP contribution >= 0.6 is 11.3 Å². The summed E-state index contributed by atoms with van der Waals surface area (Å²) in [6, 6.07) is 8.16. The van der Waals surface area contributed by atoms with Gasteiger partial charge in [0.25, 0.3) is 0 Å². The van der Waals surface area contributed by atoms with Crippen LogP contribution in [0.4, 0.5) is 5.00 Å². The molecule has 0 saturated carbocycles. The number of esters is 1. The lowest BCUT2D eigenvalue weighted by Gasteiger charge is -2.07. The van der Waals surface area contributed by atoms with E-state index in [1.54, 1.807) is 32.0 Å². The van der Waals surface area contributed by atoms with E-state index in [0.717, 1.165) is 10.4 Å². The molecule has 0 spiro atoms. The smallest absolute Gasteiger partial charge is 0.341 e. The van der Waals surface area contributed by atoms with Gasteiger partial charge in [0.15, 0.2) is 9.84 Å². The maximum Gasteiger partial charge on any atom is 0.341 e. The van der Waals surface area contributed by atoms with Crippen LogP contribution in [-0.2, 0) is 19.4 Å². The van der Waals surface area contributed by atoms with Crippen LogP contribution in [0, 0.1) is 13.8 Å². The third-order valence-corrected chi connectivity index (χ3v) is 6.98. The summed E-state index contributed by atoms with van der Waals surface area (Å²) < 4.78 is 29.5. The normalized spacial score (nSPS) is 11.2. The maximum atomic E-state index is 12.2. The number of sulfone groups is 1. The van der Waals surface area contributed by atoms with Crippen LogP contribution < -0.4 is 5.32 Å². The van der Waals surface area contributed by atoms with Crippen LogP contribution in [0.15, 0.2) is 35.2 Å². The first-order valence-electron chi connectivity index (χ1n) is 8.61. The summed E-state index contributed by atoms with van der Waals surface area (Å²) >= 11 is 1.31. The van der Waals surface area contributed by atoms with Gasteiger partial charge in [-0.2, -0.15) is 0 Å². The van der Waals surface area contributed by atoms with Crippen LogP contribution in [0.3, 0.4) is 0 Å². The first-order valence-corrected chi connectivity index (χ1v) is 11.1. The van der Waals surface area contributed by atoms with Crippen molar-refractivity contribution in [3.8, 4) is 0 Å². The predicted molar refractivity (Wildman–Crippen MR) is 106 cm³/mol. The fourth-order valence-corrected chi connectivity index (χ4v) is 4.92. The standard InChI is InChI=1S/C19H23NO5S2/c1-4-25-19(22)17-13(2)14(3)26-18(17)20-16(21)11-8-12-27(23,24)15-9-6-5-7-10-15/h5-7,9-10H,4,8,11-12H2,1-3H3,(H,20,21). The van der Waals surface area contributed by atoms with Gasteiger partial charge in [-0.1, -0.05) is 18.2 Å². The van der Waals surface area contributed by atoms with E-state index in [4.69, 9.17) is 4.74 Å². The van der Waals surface area contributed by atoms with Crippen molar-refractivity contribution in [3.63, 3.8) is 0 Å². The van der Waals surface area contributed by atoms with E-state index in [2.05, 4.69) is 5.32 Å². The molecule has 0 aliphatic carbocycles.